The van der Waals surface area contributed by atoms with Gasteiger partial charge < -0.3 is 15.0 Å². The number of nitro benzene ring substituents is 1. The largest absolute Gasteiger partial charge is 0.406 e. The van der Waals surface area contributed by atoms with Crippen molar-refractivity contribution in [2.45, 2.75) is 17.9 Å². The Balaban J connectivity index is 1.66. The van der Waals surface area contributed by atoms with Gasteiger partial charge in [-0.1, -0.05) is 11.8 Å². The monoisotopic (exact) mass is 446 g/mol. The summed E-state index contributed by atoms with van der Waals surface area (Å²) >= 11 is 0.819. The molecule has 30 heavy (non-hydrogen) atoms. The molecule has 162 valence electrons. The van der Waals surface area contributed by atoms with Crippen molar-refractivity contribution in [3.63, 3.8) is 0 Å². The van der Waals surface area contributed by atoms with E-state index in [0.29, 0.717) is 32.0 Å². The highest BCUT2D eigenvalue weighted by Crippen LogP contribution is 2.28. The van der Waals surface area contributed by atoms with Crippen LogP contribution in [0.2, 0.25) is 0 Å². The van der Waals surface area contributed by atoms with Crippen LogP contribution < -0.4 is 10.2 Å². The van der Waals surface area contributed by atoms with Gasteiger partial charge in [0.25, 0.3) is 5.69 Å². The number of ether oxygens (including phenoxy) is 1. The SMILES string of the molecule is O=C(CSc1nnc(N2CCOCC2)n1CC(F)(F)F)Nc1ccc([N+](=O)[O-])cc1. The van der Waals surface area contributed by atoms with E-state index in [-0.39, 0.29) is 22.5 Å². The molecule has 14 heteroatoms. The van der Waals surface area contributed by atoms with Crippen LogP contribution in [0.15, 0.2) is 29.4 Å². The Labute approximate surface area is 172 Å². The Kier molecular flexibility index (Phi) is 6.77. The number of rotatable bonds is 7. The first-order chi connectivity index (χ1) is 14.2. The van der Waals surface area contributed by atoms with Crippen LogP contribution in [0.4, 0.5) is 30.5 Å². The predicted octanol–water partition coefficient (Wildman–Crippen LogP) is 2.32. The number of nitrogens with one attached hydrogen (secondary N) is 1. The second-order valence-corrected chi connectivity index (χ2v) is 7.17. The van der Waals surface area contributed by atoms with Crippen molar-refractivity contribution in [1.82, 2.24) is 14.8 Å². The molecule has 10 nitrogen and oxygen atoms in total. The van der Waals surface area contributed by atoms with Crippen molar-refractivity contribution < 1.29 is 27.6 Å². The number of thioether (sulfide) groups is 1. The molecule has 0 unspecified atom stereocenters. The fourth-order valence-electron chi connectivity index (χ4n) is 2.70. The van der Waals surface area contributed by atoms with Crippen molar-refractivity contribution in [2.75, 3.05) is 42.3 Å². The molecule has 0 spiro atoms. The molecule has 1 aromatic carbocycles. The molecule has 2 heterocycles. The molecule has 1 amide bonds. The van der Waals surface area contributed by atoms with Gasteiger partial charge in [0.15, 0.2) is 5.16 Å². The number of hydrogen-bond acceptors (Lipinski definition) is 8. The minimum absolute atomic E-state index is 0.0346. The van der Waals surface area contributed by atoms with E-state index in [0.717, 1.165) is 16.3 Å². The number of nitro groups is 1. The summed E-state index contributed by atoms with van der Waals surface area (Å²) in [6, 6.07) is 5.20. The summed E-state index contributed by atoms with van der Waals surface area (Å²) in [5.41, 5.74) is 0.204. The number of carbonyl (C=O) groups is 1. The first kappa shape index (κ1) is 21.8. The molecule has 1 aromatic heterocycles. The molecular weight excluding hydrogens is 429 g/mol. The smallest absolute Gasteiger partial charge is 0.378 e. The molecule has 0 radical (unpaired) electrons. The second kappa shape index (κ2) is 9.30. The van der Waals surface area contributed by atoms with Gasteiger partial charge in [-0.25, -0.2) is 0 Å². The van der Waals surface area contributed by atoms with Crippen molar-refractivity contribution in [1.29, 1.82) is 0 Å². The number of benzene rings is 1. The molecule has 2 aromatic rings. The number of hydrogen-bond donors (Lipinski definition) is 1. The van der Waals surface area contributed by atoms with Gasteiger partial charge >= 0.3 is 6.18 Å². The molecule has 1 aliphatic heterocycles. The number of alkyl halides is 3. The molecule has 3 rings (SSSR count). The molecule has 0 saturated carbocycles. The first-order valence-corrected chi connectivity index (χ1v) is 9.71. The lowest BCUT2D eigenvalue weighted by molar-refractivity contribution is -0.384. The summed E-state index contributed by atoms with van der Waals surface area (Å²) in [5, 5.41) is 20.8. The summed E-state index contributed by atoms with van der Waals surface area (Å²) in [7, 11) is 0. The Hall–Kier alpha value is -2.87. The highest BCUT2D eigenvalue weighted by Gasteiger charge is 2.33. The van der Waals surface area contributed by atoms with Gasteiger partial charge in [0.1, 0.15) is 6.54 Å². The Morgan fingerprint density at radius 3 is 2.50 bits per heavy atom. The molecule has 0 atom stereocenters. The maximum absolute atomic E-state index is 13.1. The third kappa shape index (κ3) is 5.82. The summed E-state index contributed by atoms with van der Waals surface area (Å²) in [5.74, 6) is -0.631. The van der Waals surface area contributed by atoms with Gasteiger partial charge in [-0.05, 0) is 12.1 Å². The lowest BCUT2D eigenvalue weighted by Gasteiger charge is -2.28. The van der Waals surface area contributed by atoms with Crippen LogP contribution in [-0.2, 0) is 16.1 Å². The number of amides is 1. The zero-order chi connectivity index (χ0) is 21.7. The van der Waals surface area contributed by atoms with E-state index in [2.05, 4.69) is 15.5 Å². The third-order valence-corrected chi connectivity index (χ3v) is 4.99. The Morgan fingerprint density at radius 2 is 1.90 bits per heavy atom. The first-order valence-electron chi connectivity index (χ1n) is 8.73. The fraction of sp³-hybridized carbons (Fsp3) is 0.438. The zero-order valence-corrected chi connectivity index (χ0v) is 16.3. The van der Waals surface area contributed by atoms with Crippen molar-refractivity contribution in [2.24, 2.45) is 0 Å². The number of non-ortho nitro benzene ring substituents is 1. The molecular formula is C16H17F3N6O4S. The minimum atomic E-state index is -4.49. The van der Waals surface area contributed by atoms with Crippen molar-refractivity contribution >= 4 is 35.0 Å². The molecule has 1 N–H and O–H groups in total. The molecule has 1 saturated heterocycles. The topological polar surface area (TPSA) is 115 Å². The number of morpholine rings is 1. The van der Waals surface area contributed by atoms with Gasteiger partial charge in [-0.2, -0.15) is 13.2 Å². The zero-order valence-electron chi connectivity index (χ0n) is 15.5. The van der Waals surface area contributed by atoms with E-state index in [9.17, 15) is 28.1 Å². The van der Waals surface area contributed by atoms with Crippen LogP contribution in [-0.4, -0.2) is 63.8 Å². The lowest BCUT2D eigenvalue weighted by atomic mass is 10.3. The van der Waals surface area contributed by atoms with E-state index in [1.165, 1.54) is 24.3 Å². The summed E-state index contributed by atoms with van der Waals surface area (Å²) < 4.78 is 45.3. The van der Waals surface area contributed by atoms with Gasteiger partial charge in [-0.15, -0.1) is 10.2 Å². The molecule has 1 aliphatic rings. The summed E-state index contributed by atoms with van der Waals surface area (Å²) in [6.45, 7) is 0.250. The number of anilines is 2. The minimum Gasteiger partial charge on any atom is -0.378 e. The molecule has 0 aliphatic carbocycles. The van der Waals surface area contributed by atoms with Gasteiger partial charge in [-0.3, -0.25) is 19.5 Å². The Bertz CT molecular complexity index is 899. The highest BCUT2D eigenvalue weighted by atomic mass is 32.2. The molecule has 0 bridgehead atoms. The van der Waals surface area contributed by atoms with Gasteiger partial charge in [0.2, 0.25) is 11.9 Å². The van der Waals surface area contributed by atoms with Crippen LogP contribution in [0.5, 0.6) is 0 Å². The van der Waals surface area contributed by atoms with Crippen molar-refractivity contribution in [3.05, 3.63) is 34.4 Å². The normalized spacial score (nSPS) is 14.6. The van der Waals surface area contributed by atoms with Gasteiger partial charge in [0.05, 0.1) is 23.9 Å². The fourth-order valence-corrected chi connectivity index (χ4v) is 3.43. The van der Waals surface area contributed by atoms with Crippen molar-refractivity contribution in [3.8, 4) is 0 Å². The maximum atomic E-state index is 13.1. The van der Waals surface area contributed by atoms with E-state index in [4.69, 9.17) is 4.74 Å². The average molecular weight is 446 g/mol. The van der Waals surface area contributed by atoms with Crippen LogP contribution in [0, 0.1) is 10.1 Å². The van der Waals surface area contributed by atoms with Crippen LogP contribution >= 0.6 is 11.8 Å². The average Bonchev–Trinajstić information content (AvgIpc) is 3.08. The predicted molar refractivity (Wildman–Crippen MR) is 102 cm³/mol. The Morgan fingerprint density at radius 1 is 1.23 bits per heavy atom. The van der Waals surface area contributed by atoms with Crippen LogP contribution in [0.1, 0.15) is 0 Å². The number of halogens is 3. The quantitative estimate of drug-likeness (QED) is 0.391. The maximum Gasteiger partial charge on any atom is 0.406 e. The van der Waals surface area contributed by atoms with E-state index in [1.807, 2.05) is 0 Å². The summed E-state index contributed by atoms with van der Waals surface area (Å²) in [4.78, 5) is 23.9. The number of nitrogens with zero attached hydrogens (tertiary/aromatic N) is 5. The molecule has 1 fully saturated rings. The van der Waals surface area contributed by atoms with E-state index < -0.39 is 23.6 Å². The number of carbonyl (C=O) groups excluding carboxylic acids is 1. The van der Waals surface area contributed by atoms with Gasteiger partial charge in [0, 0.05) is 30.9 Å². The van der Waals surface area contributed by atoms with E-state index >= 15 is 0 Å². The third-order valence-electron chi connectivity index (χ3n) is 4.02. The second-order valence-electron chi connectivity index (χ2n) is 6.22. The summed E-state index contributed by atoms with van der Waals surface area (Å²) in [6.07, 6.45) is -4.49. The highest BCUT2D eigenvalue weighted by molar-refractivity contribution is 7.99. The van der Waals surface area contributed by atoms with Crippen LogP contribution in [0.3, 0.4) is 0 Å². The standard InChI is InChI=1S/C16H17F3N6O4S/c17-16(18,19)10-24-14(23-5-7-29-8-6-23)21-22-15(24)30-9-13(26)20-11-1-3-12(4-2-11)25(27)28/h1-4H,5-10H2,(H,20,26). The van der Waals surface area contributed by atoms with Crippen LogP contribution in [0.25, 0.3) is 0 Å². The number of aromatic nitrogens is 3. The lowest BCUT2D eigenvalue weighted by Crippen LogP contribution is -2.38. The van der Waals surface area contributed by atoms with E-state index in [1.54, 1.807) is 4.90 Å².